The minimum atomic E-state index is -3.75. The fraction of sp³-hybridized carbons (Fsp3) is 0.350. The summed E-state index contributed by atoms with van der Waals surface area (Å²) in [6, 6.07) is 12.2. The van der Waals surface area contributed by atoms with E-state index in [9.17, 15) is 13.2 Å². The summed E-state index contributed by atoms with van der Waals surface area (Å²) in [5.41, 5.74) is 0.751. The molecule has 0 aromatic heterocycles. The van der Waals surface area contributed by atoms with E-state index in [4.69, 9.17) is 16.3 Å². The molecule has 1 amide bonds. The molecule has 1 heterocycles. The maximum atomic E-state index is 13.0. The number of hydrogen-bond donors (Lipinski definition) is 1. The Morgan fingerprint density at radius 3 is 2.59 bits per heavy atom. The highest BCUT2D eigenvalue weighted by Crippen LogP contribution is 2.32. The maximum Gasteiger partial charge on any atom is 0.246 e. The van der Waals surface area contributed by atoms with Gasteiger partial charge in [0.25, 0.3) is 0 Å². The van der Waals surface area contributed by atoms with Gasteiger partial charge in [0.15, 0.2) is 0 Å². The Hall–Kier alpha value is -1.74. The van der Waals surface area contributed by atoms with E-state index in [0.29, 0.717) is 17.9 Å². The molecule has 3 rings (SSSR count). The van der Waals surface area contributed by atoms with Crippen molar-refractivity contribution in [1.82, 2.24) is 4.31 Å². The van der Waals surface area contributed by atoms with Crippen LogP contribution < -0.4 is 10.1 Å². The fourth-order valence-electron chi connectivity index (χ4n) is 3.29. The summed E-state index contributed by atoms with van der Waals surface area (Å²) in [5.74, 6) is -0.0655. The molecule has 0 aliphatic carbocycles. The Labute approximate surface area is 180 Å². The number of sulfonamides is 1. The van der Waals surface area contributed by atoms with Crippen LogP contribution in [0.4, 0.5) is 5.69 Å². The van der Waals surface area contributed by atoms with Gasteiger partial charge in [-0.3, -0.25) is 4.79 Å². The van der Waals surface area contributed by atoms with Gasteiger partial charge in [-0.05, 0) is 55.5 Å². The molecule has 0 atom stereocenters. The first-order chi connectivity index (χ1) is 13.8. The van der Waals surface area contributed by atoms with Crippen LogP contribution in [-0.2, 0) is 14.8 Å². The second-order valence-corrected chi connectivity index (χ2v) is 9.92. The number of piperidine rings is 1. The van der Waals surface area contributed by atoms with Gasteiger partial charge < -0.3 is 10.1 Å². The van der Waals surface area contributed by atoms with Crippen molar-refractivity contribution in [2.24, 2.45) is 5.92 Å². The number of nitrogens with one attached hydrogen (secondary N) is 1. The lowest BCUT2D eigenvalue weighted by molar-refractivity contribution is -0.120. The number of ether oxygens (including phenoxy) is 1. The minimum Gasteiger partial charge on any atom is -0.495 e. The maximum absolute atomic E-state index is 13.0. The van der Waals surface area contributed by atoms with Crippen molar-refractivity contribution < 1.29 is 17.9 Å². The quantitative estimate of drug-likeness (QED) is 0.665. The Morgan fingerprint density at radius 2 is 1.93 bits per heavy atom. The number of amides is 1. The Morgan fingerprint density at radius 1 is 1.21 bits per heavy atom. The first-order valence-corrected chi connectivity index (χ1v) is 12.2. The molecule has 0 radical (unpaired) electrons. The van der Waals surface area contributed by atoms with Gasteiger partial charge in [-0.2, -0.15) is 4.31 Å². The van der Waals surface area contributed by atoms with Crippen LogP contribution in [0.2, 0.25) is 5.02 Å². The van der Waals surface area contributed by atoms with Crippen molar-refractivity contribution in [1.29, 1.82) is 0 Å². The first kappa shape index (κ1) is 22.0. The zero-order valence-electron chi connectivity index (χ0n) is 16.2. The molecular weight excluding hydrogens is 432 g/mol. The number of rotatable bonds is 6. The van der Waals surface area contributed by atoms with Crippen molar-refractivity contribution in [3.05, 3.63) is 47.5 Å². The normalized spacial score (nSPS) is 15.8. The van der Waals surface area contributed by atoms with Crippen molar-refractivity contribution in [3.63, 3.8) is 0 Å². The van der Waals surface area contributed by atoms with E-state index in [1.165, 1.54) is 23.5 Å². The fourth-order valence-corrected chi connectivity index (χ4v) is 5.64. The summed E-state index contributed by atoms with van der Waals surface area (Å²) in [6.45, 7) is 0.530. The van der Waals surface area contributed by atoms with Crippen molar-refractivity contribution in [2.45, 2.75) is 22.6 Å². The standard InChI is InChI=1S/C20H23ClN2O4S2/c1-27-18-7-6-15(21)12-19(18)29(25,26)23-10-8-14(9-11-23)20(24)22-16-4-3-5-17(13-16)28-2/h3-7,12-14H,8-11H2,1-2H3,(H,22,24). The average Bonchev–Trinajstić information content (AvgIpc) is 2.74. The van der Waals surface area contributed by atoms with Gasteiger partial charge in [-0.15, -0.1) is 11.8 Å². The Kier molecular flexibility index (Phi) is 7.10. The monoisotopic (exact) mass is 454 g/mol. The van der Waals surface area contributed by atoms with Crippen LogP contribution in [0.1, 0.15) is 12.8 Å². The highest BCUT2D eigenvalue weighted by molar-refractivity contribution is 7.98. The van der Waals surface area contributed by atoms with Crippen LogP contribution in [-0.4, -0.2) is 45.1 Å². The van der Waals surface area contributed by atoms with Crippen LogP contribution in [0, 0.1) is 5.92 Å². The molecule has 1 saturated heterocycles. The molecule has 0 unspecified atom stereocenters. The van der Waals surface area contributed by atoms with E-state index < -0.39 is 10.0 Å². The van der Waals surface area contributed by atoms with E-state index >= 15 is 0 Å². The van der Waals surface area contributed by atoms with Crippen LogP contribution in [0.15, 0.2) is 52.3 Å². The molecule has 2 aromatic rings. The summed E-state index contributed by atoms with van der Waals surface area (Å²) in [5, 5.41) is 3.26. The lowest BCUT2D eigenvalue weighted by Gasteiger charge is -2.31. The zero-order chi connectivity index (χ0) is 21.0. The highest BCUT2D eigenvalue weighted by atomic mass is 35.5. The van der Waals surface area contributed by atoms with Gasteiger partial charge in [-0.25, -0.2) is 8.42 Å². The van der Waals surface area contributed by atoms with Crippen molar-refractivity contribution in [2.75, 3.05) is 31.8 Å². The number of hydrogen-bond acceptors (Lipinski definition) is 5. The Bertz CT molecular complexity index is 990. The molecule has 1 aliphatic heterocycles. The molecule has 0 spiro atoms. The summed E-state index contributed by atoms with van der Waals surface area (Å²) < 4.78 is 32.7. The number of halogens is 1. The molecule has 1 aliphatic rings. The molecule has 1 fully saturated rings. The largest absolute Gasteiger partial charge is 0.495 e. The third-order valence-corrected chi connectivity index (χ3v) is 7.79. The van der Waals surface area contributed by atoms with Crippen molar-refractivity contribution in [3.8, 4) is 5.75 Å². The van der Waals surface area contributed by atoms with Gasteiger partial charge >= 0.3 is 0 Å². The van der Waals surface area contributed by atoms with E-state index in [1.54, 1.807) is 17.8 Å². The molecule has 2 aromatic carbocycles. The van der Waals surface area contributed by atoms with Gasteiger partial charge in [0, 0.05) is 34.6 Å². The lowest BCUT2D eigenvalue weighted by Crippen LogP contribution is -2.41. The summed E-state index contributed by atoms with van der Waals surface area (Å²) in [7, 11) is -2.33. The molecule has 6 nitrogen and oxygen atoms in total. The summed E-state index contributed by atoms with van der Waals surface area (Å²) in [4.78, 5) is 13.7. The molecule has 156 valence electrons. The van der Waals surface area contributed by atoms with E-state index in [2.05, 4.69) is 5.32 Å². The van der Waals surface area contributed by atoms with Crippen LogP contribution in [0.3, 0.4) is 0 Å². The van der Waals surface area contributed by atoms with Crippen molar-refractivity contribution >= 4 is 45.0 Å². The molecule has 9 heteroatoms. The minimum absolute atomic E-state index is 0.0456. The van der Waals surface area contributed by atoms with E-state index in [-0.39, 0.29) is 35.6 Å². The number of nitrogens with zero attached hydrogens (tertiary/aromatic N) is 1. The number of anilines is 1. The second kappa shape index (κ2) is 9.38. The average molecular weight is 455 g/mol. The number of carbonyl (C=O) groups is 1. The van der Waals surface area contributed by atoms with E-state index in [1.807, 2.05) is 30.5 Å². The number of carbonyl (C=O) groups excluding carboxylic acids is 1. The molecular formula is C20H23ClN2O4S2. The predicted molar refractivity (Wildman–Crippen MR) is 116 cm³/mol. The zero-order valence-corrected chi connectivity index (χ0v) is 18.6. The van der Waals surface area contributed by atoms with Crippen LogP contribution >= 0.6 is 23.4 Å². The van der Waals surface area contributed by atoms with E-state index in [0.717, 1.165) is 10.6 Å². The Balaban J connectivity index is 1.66. The third kappa shape index (κ3) is 5.06. The number of thioether (sulfide) groups is 1. The van der Waals surface area contributed by atoms with Crippen LogP contribution in [0.25, 0.3) is 0 Å². The van der Waals surface area contributed by atoms with Gasteiger partial charge in [-0.1, -0.05) is 17.7 Å². The second-order valence-electron chi connectivity index (χ2n) is 6.69. The van der Waals surface area contributed by atoms with Gasteiger partial charge in [0.2, 0.25) is 15.9 Å². The third-order valence-electron chi connectivity index (χ3n) is 4.91. The summed E-state index contributed by atoms with van der Waals surface area (Å²) >= 11 is 7.60. The molecule has 29 heavy (non-hydrogen) atoms. The van der Waals surface area contributed by atoms with Gasteiger partial charge in [0.05, 0.1) is 7.11 Å². The molecule has 1 N–H and O–H groups in total. The first-order valence-electron chi connectivity index (χ1n) is 9.13. The number of methoxy groups -OCH3 is 1. The van der Waals surface area contributed by atoms with Gasteiger partial charge in [0.1, 0.15) is 10.6 Å². The highest BCUT2D eigenvalue weighted by Gasteiger charge is 2.33. The molecule has 0 saturated carbocycles. The topological polar surface area (TPSA) is 75.7 Å². The lowest BCUT2D eigenvalue weighted by atomic mass is 9.97. The number of benzene rings is 2. The molecule has 0 bridgehead atoms. The van der Waals surface area contributed by atoms with Crippen LogP contribution in [0.5, 0.6) is 5.75 Å². The SMILES string of the molecule is COc1ccc(Cl)cc1S(=O)(=O)N1CCC(C(=O)Nc2cccc(SC)c2)CC1. The smallest absolute Gasteiger partial charge is 0.246 e. The summed E-state index contributed by atoms with van der Waals surface area (Å²) in [6.07, 6.45) is 2.89. The predicted octanol–water partition coefficient (Wildman–Crippen LogP) is 4.11.